The standard InChI is InChI=1S/C22H30N4O2/c1-17-9-18(2)26(23-17)11-21(27)25-15-22(16-25)10-20(24(3)14-22)13-28-12-19-7-5-4-6-8-19/h4-9,20H,10-16H2,1-3H3. The maximum atomic E-state index is 12.6. The number of ether oxygens (including phenoxy) is 1. The number of amides is 1. The topological polar surface area (TPSA) is 50.6 Å². The van der Waals surface area contributed by atoms with Gasteiger partial charge in [0.05, 0.1) is 18.9 Å². The number of nitrogens with zero attached hydrogens (tertiary/aromatic N) is 4. The van der Waals surface area contributed by atoms with Crippen molar-refractivity contribution in [3.63, 3.8) is 0 Å². The molecule has 1 aromatic carbocycles. The summed E-state index contributed by atoms with van der Waals surface area (Å²) >= 11 is 0. The Bertz CT molecular complexity index is 826. The molecule has 3 heterocycles. The molecule has 2 aromatic rings. The van der Waals surface area contributed by atoms with Crippen LogP contribution in [-0.2, 0) is 22.7 Å². The second-order valence-corrected chi connectivity index (χ2v) is 8.61. The predicted octanol–water partition coefficient (Wildman–Crippen LogP) is 2.25. The summed E-state index contributed by atoms with van der Waals surface area (Å²) in [7, 11) is 2.17. The fourth-order valence-electron chi connectivity index (χ4n) is 4.68. The van der Waals surface area contributed by atoms with Crippen LogP contribution in [0.2, 0.25) is 0 Å². The summed E-state index contributed by atoms with van der Waals surface area (Å²) in [5.74, 6) is 0.170. The number of hydrogen-bond donors (Lipinski definition) is 0. The van der Waals surface area contributed by atoms with Gasteiger partial charge in [-0.1, -0.05) is 30.3 Å². The third kappa shape index (κ3) is 3.98. The quantitative estimate of drug-likeness (QED) is 0.769. The van der Waals surface area contributed by atoms with Crippen molar-refractivity contribution in [1.29, 1.82) is 0 Å². The third-order valence-corrected chi connectivity index (χ3v) is 6.09. The molecule has 150 valence electrons. The average molecular weight is 383 g/mol. The molecule has 1 aromatic heterocycles. The zero-order valence-corrected chi connectivity index (χ0v) is 17.1. The lowest BCUT2D eigenvalue weighted by atomic mass is 9.78. The molecule has 0 saturated carbocycles. The number of likely N-dealkylation sites (N-methyl/N-ethyl adjacent to an activating group) is 1. The fraction of sp³-hybridized carbons (Fsp3) is 0.545. The normalized spacial score (nSPS) is 21.2. The summed E-state index contributed by atoms with van der Waals surface area (Å²) in [6, 6.07) is 12.7. The molecule has 0 N–H and O–H groups in total. The molecule has 2 aliphatic rings. The largest absolute Gasteiger partial charge is 0.375 e. The highest BCUT2D eigenvalue weighted by molar-refractivity contribution is 5.77. The van der Waals surface area contributed by atoms with Crippen LogP contribution in [-0.4, -0.2) is 64.8 Å². The monoisotopic (exact) mass is 382 g/mol. The van der Waals surface area contributed by atoms with Crippen LogP contribution >= 0.6 is 0 Å². The van der Waals surface area contributed by atoms with Gasteiger partial charge in [0.2, 0.25) is 5.91 Å². The number of aryl methyl sites for hydroxylation is 2. The Morgan fingerprint density at radius 3 is 2.64 bits per heavy atom. The molecule has 1 atom stereocenters. The molecule has 2 fully saturated rings. The first-order chi connectivity index (χ1) is 13.4. The van der Waals surface area contributed by atoms with E-state index in [1.807, 2.05) is 47.7 Å². The smallest absolute Gasteiger partial charge is 0.244 e. The van der Waals surface area contributed by atoms with Gasteiger partial charge < -0.3 is 14.5 Å². The van der Waals surface area contributed by atoms with E-state index in [-0.39, 0.29) is 11.3 Å². The molecule has 6 nitrogen and oxygen atoms in total. The minimum absolute atomic E-state index is 0.170. The molecule has 0 aliphatic carbocycles. The summed E-state index contributed by atoms with van der Waals surface area (Å²) in [4.78, 5) is 17.0. The van der Waals surface area contributed by atoms with Crippen LogP contribution in [0.15, 0.2) is 36.4 Å². The third-order valence-electron chi connectivity index (χ3n) is 6.09. The van der Waals surface area contributed by atoms with E-state index in [2.05, 4.69) is 29.2 Å². The number of rotatable bonds is 6. The Kier molecular flexibility index (Phi) is 5.25. The number of benzene rings is 1. The minimum atomic E-state index is 0.170. The van der Waals surface area contributed by atoms with Gasteiger partial charge >= 0.3 is 0 Å². The van der Waals surface area contributed by atoms with Gasteiger partial charge in [0.1, 0.15) is 6.54 Å². The molecule has 0 bridgehead atoms. The first-order valence-electron chi connectivity index (χ1n) is 10.0. The highest BCUT2D eigenvalue weighted by Gasteiger charge is 2.51. The maximum Gasteiger partial charge on any atom is 0.244 e. The van der Waals surface area contributed by atoms with Gasteiger partial charge in [-0.3, -0.25) is 9.48 Å². The number of likely N-dealkylation sites (tertiary alicyclic amines) is 2. The molecule has 1 spiro atoms. The van der Waals surface area contributed by atoms with Crippen molar-refractivity contribution >= 4 is 5.91 Å². The number of carbonyl (C=O) groups excluding carboxylic acids is 1. The highest BCUT2D eigenvalue weighted by Crippen LogP contribution is 2.42. The van der Waals surface area contributed by atoms with Crippen molar-refractivity contribution in [2.24, 2.45) is 5.41 Å². The van der Waals surface area contributed by atoms with Gasteiger partial charge in [0, 0.05) is 36.8 Å². The van der Waals surface area contributed by atoms with Crippen LogP contribution in [0.5, 0.6) is 0 Å². The molecule has 6 heteroatoms. The van der Waals surface area contributed by atoms with E-state index in [1.165, 1.54) is 5.56 Å². The van der Waals surface area contributed by atoms with E-state index in [0.29, 0.717) is 19.2 Å². The predicted molar refractivity (Wildman–Crippen MR) is 108 cm³/mol. The molecule has 1 amide bonds. The van der Waals surface area contributed by atoms with Gasteiger partial charge in [-0.05, 0) is 38.9 Å². The highest BCUT2D eigenvalue weighted by atomic mass is 16.5. The Morgan fingerprint density at radius 1 is 1.21 bits per heavy atom. The van der Waals surface area contributed by atoms with Crippen LogP contribution in [0.3, 0.4) is 0 Å². The molecule has 0 radical (unpaired) electrons. The Hall–Kier alpha value is -2.18. The van der Waals surface area contributed by atoms with Crippen LogP contribution in [0.4, 0.5) is 0 Å². The molecule has 4 rings (SSSR count). The Morgan fingerprint density at radius 2 is 1.96 bits per heavy atom. The second kappa shape index (κ2) is 7.68. The van der Waals surface area contributed by atoms with E-state index >= 15 is 0 Å². The lowest BCUT2D eigenvalue weighted by Crippen LogP contribution is -2.60. The van der Waals surface area contributed by atoms with Crippen molar-refractivity contribution < 1.29 is 9.53 Å². The van der Waals surface area contributed by atoms with Gasteiger partial charge in [0.15, 0.2) is 0 Å². The van der Waals surface area contributed by atoms with Gasteiger partial charge in [-0.15, -0.1) is 0 Å². The maximum absolute atomic E-state index is 12.6. The molecule has 2 aliphatic heterocycles. The Balaban J connectivity index is 1.25. The van der Waals surface area contributed by atoms with E-state index in [9.17, 15) is 4.79 Å². The summed E-state index contributed by atoms with van der Waals surface area (Å²) < 4.78 is 7.78. The zero-order valence-electron chi connectivity index (χ0n) is 17.1. The van der Waals surface area contributed by atoms with E-state index < -0.39 is 0 Å². The van der Waals surface area contributed by atoms with Crippen molar-refractivity contribution in [1.82, 2.24) is 19.6 Å². The lowest BCUT2D eigenvalue weighted by molar-refractivity contribution is -0.143. The van der Waals surface area contributed by atoms with Crippen molar-refractivity contribution in [3.8, 4) is 0 Å². The van der Waals surface area contributed by atoms with Gasteiger partial charge in [-0.2, -0.15) is 5.10 Å². The number of carbonyl (C=O) groups is 1. The SMILES string of the molecule is Cc1cc(C)n(CC(=O)N2CC3(CC(COCc4ccccc4)N(C)C3)C2)n1. The Labute approximate surface area is 167 Å². The van der Waals surface area contributed by atoms with Crippen molar-refractivity contribution in [2.75, 3.05) is 33.3 Å². The van der Waals surface area contributed by atoms with Crippen molar-refractivity contribution in [2.45, 2.75) is 39.5 Å². The first kappa shape index (κ1) is 19.2. The van der Waals surface area contributed by atoms with Gasteiger partial charge in [-0.25, -0.2) is 0 Å². The summed E-state index contributed by atoms with van der Waals surface area (Å²) in [5.41, 5.74) is 3.45. The summed E-state index contributed by atoms with van der Waals surface area (Å²) in [5, 5.41) is 4.41. The van der Waals surface area contributed by atoms with Gasteiger partial charge in [0.25, 0.3) is 0 Å². The molecule has 28 heavy (non-hydrogen) atoms. The molecule has 2 saturated heterocycles. The average Bonchev–Trinajstić information content (AvgIpc) is 3.13. The van der Waals surface area contributed by atoms with E-state index in [4.69, 9.17) is 4.74 Å². The molecule has 1 unspecified atom stereocenters. The summed E-state index contributed by atoms with van der Waals surface area (Å²) in [6.07, 6.45) is 1.10. The van der Waals surface area contributed by atoms with Crippen LogP contribution in [0.1, 0.15) is 23.4 Å². The van der Waals surface area contributed by atoms with Crippen molar-refractivity contribution in [3.05, 3.63) is 53.3 Å². The number of hydrogen-bond acceptors (Lipinski definition) is 4. The molecular weight excluding hydrogens is 352 g/mol. The van der Waals surface area contributed by atoms with Crippen LogP contribution in [0.25, 0.3) is 0 Å². The zero-order chi connectivity index (χ0) is 19.7. The fourth-order valence-corrected chi connectivity index (χ4v) is 4.68. The van der Waals surface area contributed by atoms with Crippen LogP contribution in [0, 0.1) is 19.3 Å². The van der Waals surface area contributed by atoms with Crippen LogP contribution < -0.4 is 0 Å². The second-order valence-electron chi connectivity index (χ2n) is 8.61. The number of aromatic nitrogens is 2. The first-order valence-corrected chi connectivity index (χ1v) is 10.0. The molecular formula is C22H30N4O2. The van der Waals surface area contributed by atoms with E-state index in [1.54, 1.807) is 0 Å². The lowest BCUT2D eigenvalue weighted by Gasteiger charge is -2.48. The van der Waals surface area contributed by atoms with E-state index in [0.717, 1.165) is 44.0 Å². The summed E-state index contributed by atoms with van der Waals surface area (Å²) in [6.45, 7) is 8.44. The minimum Gasteiger partial charge on any atom is -0.375 e.